The molecule has 27 heavy (non-hydrogen) atoms. The van der Waals surface area contributed by atoms with Crippen molar-refractivity contribution < 1.29 is 14.4 Å². The van der Waals surface area contributed by atoms with E-state index in [9.17, 15) is 14.4 Å². The fraction of sp³-hybridized carbons (Fsp3) is 0.300. The van der Waals surface area contributed by atoms with Crippen LogP contribution >= 0.6 is 0 Å². The Morgan fingerprint density at radius 1 is 1.00 bits per heavy atom. The largest absolute Gasteiger partial charge is 0.335 e. The smallest absolute Gasteiger partial charge is 0.272 e. The van der Waals surface area contributed by atoms with Gasteiger partial charge in [0.25, 0.3) is 11.8 Å². The summed E-state index contributed by atoms with van der Waals surface area (Å²) in [6.07, 6.45) is 1.46. The van der Waals surface area contributed by atoms with Gasteiger partial charge < -0.3 is 15.1 Å². The first kappa shape index (κ1) is 18.7. The normalized spacial score (nSPS) is 14.7. The van der Waals surface area contributed by atoms with Crippen LogP contribution in [0.1, 0.15) is 38.1 Å². The fourth-order valence-corrected chi connectivity index (χ4v) is 2.88. The third-order valence-corrected chi connectivity index (χ3v) is 4.56. The standard InChI is InChI=1S/C20H22N4O3/c1-14(25)15-4-3-5-17(12-15)22-19(26)16-6-7-21-18(13-16)20(27)24-10-8-23(2)9-11-24/h3-7,12-13H,8-11H2,1-2H3,(H,22,26). The molecule has 2 amide bonds. The lowest BCUT2D eigenvalue weighted by molar-refractivity contribution is 0.0658. The minimum absolute atomic E-state index is 0.0740. The summed E-state index contributed by atoms with van der Waals surface area (Å²) in [5, 5.41) is 2.75. The van der Waals surface area contributed by atoms with Crippen molar-refractivity contribution in [1.29, 1.82) is 0 Å². The zero-order valence-corrected chi connectivity index (χ0v) is 15.4. The summed E-state index contributed by atoms with van der Waals surface area (Å²) in [5.74, 6) is -0.600. The van der Waals surface area contributed by atoms with Crippen LogP contribution in [0.2, 0.25) is 0 Å². The summed E-state index contributed by atoms with van der Waals surface area (Å²) < 4.78 is 0. The van der Waals surface area contributed by atoms with Crippen LogP contribution in [0.15, 0.2) is 42.6 Å². The van der Waals surface area contributed by atoms with Crippen LogP contribution in [-0.4, -0.2) is 65.6 Å². The van der Waals surface area contributed by atoms with Gasteiger partial charge in [-0.2, -0.15) is 0 Å². The van der Waals surface area contributed by atoms with Crippen molar-refractivity contribution in [1.82, 2.24) is 14.8 Å². The number of amides is 2. The summed E-state index contributed by atoms with van der Waals surface area (Å²) in [6.45, 7) is 4.40. The number of rotatable bonds is 4. The topological polar surface area (TPSA) is 82.6 Å². The summed E-state index contributed by atoms with van der Waals surface area (Å²) in [5.41, 5.74) is 1.64. The molecule has 1 fully saturated rings. The molecule has 0 saturated carbocycles. The molecule has 1 aliphatic heterocycles. The Morgan fingerprint density at radius 3 is 2.44 bits per heavy atom. The maximum atomic E-state index is 12.6. The van der Waals surface area contributed by atoms with Crippen LogP contribution in [0.4, 0.5) is 5.69 Å². The second kappa shape index (κ2) is 8.09. The van der Waals surface area contributed by atoms with Crippen molar-refractivity contribution in [2.24, 2.45) is 0 Å². The van der Waals surface area contributed by atoms with E-state index in [0.29, 0.717) is 29.9 Å². The lowest BCUT2D eigenvalue weighted by atomic mass is 10.1. The first-order valence-electron chi connectivity index (χ1n) is 8.80. The van der Waals surface area contributed by atoms with Gasteiger partial charge in [-0.3, -0.25) is 19.4 Å². The van der Waals surface area contributed by atoms with E-state index in [0.717, 1.165) is 13.1 Å². The molecule has 1 N–H and O–H groups in total. The average Bonchev–Trinajstić information content (AvgIpc) is 2.68. The van der Waals surface area contributed by atoms with Crippen molar-refractivity contribution in [2.45, 2.75) is 6.92 Å². The lowest BCUT2D eigenvalue weighted by Gasteiger charge is -2.32. The number of nitrogens with zero attached hydrogens (tertiary/aromatic N) is 3. The van der Waals surface area contributed by atoms with Crippen molar-refractivity contribution in [3.63, 3.8) is 0 Å². The number of carbonyl (C=O) groups is 3. The summed E-state index contributed by atoms with van der Waals surface area (Å²) >= 11 is 0. The Labute approximate surface area is 158 Å². The number of anilines is 1. The van der Waals surface area contributed by atoms with E-state index in [2.05, 4.69) is 15.2 Å². The van der Waals surface area contributed by atoms with Crippen molar-refractivity contribution in [3.05, 3.63) is 59.4 Å². The monoisotopic (exact) mass is 366 g/mol. The van der Waals surface area contributed by atoms with E-state index in [4.69, 9.17) is 0 Å². The van der Waals surface area contributed by atoms with Crippen LogP contribution in [-0.2, 0) is 0 Å². The van der Waals surface area contributed by atoms with Gasteiger partial charge in [-0.05, 0) is 38.2 Å². The van der Waals surface area contributed by atoms with E-state index in [1.54, 1.807) is 35.2 Å². The van der Waals surface area contributed by atoms with E-state index < -0.39 is 0 Å². The van der Waals surface area contributed by atoms with Crippen LogP contribution in [0, 0.1) is 0 Å². The highest BCUT2D eigenvalue weighted by Crippen LogP contribution is 2.14. The zero-order chi connectivity index (χ0) is 19.4. The molecular formula is C20H22N4O3. The van der Waals surface area contributed by atoms with E-state index in [1.165, 1.54) is 19.2 Å². The highest BCUT2D eigenvalue weighted by atomic mass is 16.2. The Kier molecular flexibility index (Phi) is 5.61. The number of hydrogen-bond acceptors (Lipinski definition) is 5. The Balaban J connectivity index is 1.73. The van der Waals surface area contributed by atoms with Gasteiger partial charge >= 0.3 is 0 Å². The second-order valence-corrected chi connectivity index (χ2v) is 6.62. The molecule has 0 bridgehead atoms. The van der Waals surface area contributed by atoms with Crippen molar-refractivity contribution in [2.75, 3.05) is 38.5 Å². The van der Waals surface area contributed by atoms with Gasteiger partial charge in [0, 0.05) is 49.2 Å². The van der Waals surface area contributed by atoms with Gasteiger partial charge in [-0.15, -0.1) is 0 Å². The Morgan fingerprint density at radius 2 is 1.74 bits per heavy atom. The predicted molar refractivity (Wildman–Crippen MR) is 102 cm³/mol. The fourth-order valence-electron chi connectivity index (χ4n) is 2.88. The van der Waals surface area contributed by atoms with Gasteiger partial charge in [-0.1, -0.05) is 12.1 Å². The number of nitrogens with one attached hydrogen (secondary N) is 1. The molecule has 0 aliphatic carbocycles. The second-order valence-electron chi connectivity index (χ2n) is 6.62. The first-order chi connectivity index (χ1) is 12.9. The number of ketones is 1. The highest BCUT2D eigenvalue weighted by Gasteiger charge is 2.22. The summed E-state index contributed by atoms with van der Waals surface area (Å²) in [7, 11) is 2.02. The number of hydrogen-bond donors (Lipinski definition) is 1. The van der Waals surface area contributed by atoms with E-state index in [-0.39, 0.29) is 23.3 Å². The number of Topliss-reactive ketones (excluding diaryl/α,β-unsaturated/α-hetero) is 1. The molecule has 7 heteroatoms. The van der Waals surface area contributed by atoms with Gasteiger partial charge in [0.05, 0.1) is 0 Å². The molecule has 1 aromatic heterocycles. The molecule has 2 aromatic rings. The molecule has 1 aliphatic rings. The predicted octanol–water partition coefficient (Wildman–Crippen LogP) is 1.92. The minimum atomic E-state index is -0.356. The minimum Gasteiger partial charge on any atom is -0.335 e. The maximum Gasteiger partial charge on any atom is 0.272 e. The van der Waals surface area contributed by atoms with Gasteiger partial charge in [0.2, 0.25) is 0 Å². The molecular weight excluding hydrogens is 344 g/mol. The van der Waals surface area contributed by atoms with E-state index >= 15 is 0 Å². The average molecular weight is 366 g/mol. The number of carbonyl (C=O) groups excluding carboxylic acids is 3. The van der Waals surface area contributed by atoms with Crippen LogP contribution in [0.25, 0.3) is 0 Å². The lowest BCUT2D eigenvalue weighted by Crippen LogP contribution is -2.47. The van der Waals surface area contributed by atoms with Gasteiger partial charge in [-0.25, -0.2) is 0 Å². The van der Waals surface area contributed by atoms with Crippen LogP contribution < -0.4 is 5.32 Å². The van der Waals surface area contributed by atoms with Crippen molar-refractivity contribution >= 4 is 23.3 Å². The molecule has 1 saturated heterocycles. The highest BCUT2D eigenvalue weighted by molar-refractivity contribution is 6.06. The first-order valence-corrected chi connectivity index (χ1v) is 8.80. The molecule has 0 atom stereocenters. The number of aromatic nitrogens is 1. The van der Waals surface area contributed by atoms with Crippen LogP contribution in [0.5, 0.6) is 0 Å². The summed E-state index contributed by atoms with van der Waals surface area (Å²) in [4.78, 5) is 44.7. The van der Waals surface area contributed by atoms with Crippen molar-refractivity contribution in [3.8, 4) is 0 Å². The number of piperazine rings is 1. The van der Waals surface area contributed by atoms with E-state index in [1.807, 2.05) is 7.05 Å². The molecule has 0 spiro atoms. The molecule has 7 nitrogen and oxygen atoms in total. The van der Waals surface area contributed by atoms with Gasteiger partial charge in [0.15, 0.2) is 5.78 Å². The molecule has 3 rings (SSSR count). The van der Waals surface area contributed by atoms with Crippen LogP contribution in [0.3, 0.4) is 0 Å². The number of pyridine rings is 1. The van der Waals surface area contributed by atoms with Gasteiger partial charge in [0.1, 0.15) is 5.69 Å². The Hall–Kier alpha value is -3.06. The molecule has 2 heterocycles. The maximum absolute atomic E-state index is 12.6. The quantitative estimate of drug-likeness (QED) is 0.836. The zero-order valence-electron chi connectivity index (χ0n) is 15.4. The number of likely N-dealkylation sites (N-methyl/N-ethyl adjacent to an activating group) is 1. The number of benzene rings is 1. The third kappa shape index (κ3) is 4.57. The third-order valence-electron chi connectivity index (χ3n) is 4.56. The summed E-state index contributed by atoms with van der Waals surface area (Å²) in [6, 6.07) is 9.80. The Bertz CT molecular complexity index is 873. The molecule has 140 valence electrons. The molecule has 0 unspecified atom stereocenters. The molecule has 0 radical (unpaired) electrons. The SMILES string of the molecule is CC(=O)c1cccc(NC(=O)c2ccnc(C(=O)N3CCN(C)CC3)c2)c1. The molecule has 1 aromatic carbocycles.